The molecule has 0 aliphatic heterocycles. The molecule has 0 bridgehead atoms. The molecule has 0 fully saturated rings. The van der Waals surface area contributed by atoms with Crippen molar-refractivity contribution < 1.29 is 9.90 Å². The summed E-state index contributed by atoms with van der Waals surface area (Å²) >= 11 is 0. The molecule has 0 aliphatic carbocycles. The number of hydrogen-bond acceptors (Lipinski definition) is 2. The summed E-state index contributed by atoms with van der Waals surface area (Å²) in [6.07, 6.45) is 10.0. The molecule has 0 saturated carbocycles. The van der Waals surface area contributed by atoms with Crippen molar-refractivity contribution in [1.29, 1.82) is 0 Å². The predicted molar refractivity (Wildman–Crippen MR) is 81.1 cm³/mol. The Kier molecular flexibility index (Phi) is 10.9. The number of nitrogens with one attached hydrogen (secondary N) is 1. The fourth-order valence-corrected chi connectivity index (χ4v) is 2.06. The zero-order valence-corrected chi connectivity index (χ0v) is 13.1. The molecular formula is C16H33NO2. The summed E-state index contributed by atoms with van der Waals surface area (Å²) in [5.74, 6) is 0.152. The van der Waals surface area contributed by atoms with Crippen molar-refractivity contribution in [1.82, 2.24) is 5.32 Å². The van der Waals surface area contributed by atoms with Crippen molar-refractivity contribution in [3.05, 3.63) is 0 Å². The van der Waals surface area contributed by atoms with Crippen molar-refractivity contribution >= 4 is 5.91 Å². The highest BCUT2D eigenvalue weighted by atomic mass is 16.3. The topological polar surface area (TPSA) is 49.3 Å². The van der Waals surface area contributed by atoms with Crippen molar-refractivity contribution in [3.8, 4) is 0 Å². The number of carbonyl (C=O) groups excluding carboxylic acids is 1. The molecule has 0 rings (SSSR count). The average Bonchev–Trinajstić information content (AvgIpc) is 2.35. The Bertz CT molecular complexity index is 227. The van der Waals surface area contributed by atoms with Crippen LogP contribution in [0.15, 0.2) is 0 Å². The Balaban J connectivity index is 3.44. The van der Waals surface area contributed by atoms with Crippen LogP contribution in [0.4, 0.5) is 0 Å². The van der Waals surface area contributed by atoms with Crippen molar-refractivity contribution in [2.45, 2.75) is 78.6 Å². The molecule has 0 atom stereocenters. The third-order valence-corrected chi connectivity index (χ3v) is 3.56. The SMILES string of the molecule is CCCCCCCCCC(=O)NCC(C)(C)CCO. The molecule has 0 aromatic rings. The van der Waals surface area contributed by atoms with Gasteiger partial charge in [0.2, 0.25) is 5.91 Å². The second kappa shape index (κ2) is 11.3. The number of aliphatic hydroxyl groups excluding tert-OH is 1. The fourth-order valence-electron chi connectivity index (χ4n) is 2.06. The van der Waals surface area contributed by atoms with Gasteiger partial charge in [-0.1, -0.05) is 59.3 Å². The third kappa shape index (κ3) is 12.2. The Hall–Kier alpha value is -0.570. The van der Waals surface area contributed by atoms with E-state index in [-0.39, 0.29) is 17.9 Å². The standard InChI is InChI=1S/C16H33NO2/c1-4-5-6-7-8-9-10-11-15(19)17-14-16(2,3)12-13-18/h18H,4-14H2,1-3H3,(H,17,19). The largest absolute Gasteiger partial charge is 0.396 e. The normalized spacial score (nSPS) is 11.6. The van der Waals surface area contributed by atoms with Gasteiger partial charge in [0.1, 0.15) is 0 Å². The Morgan fingerprint density at radius 2 is 1.63 bits per heavy atom. The van der Waals surface area contributed by atoms with Gasteiger partial charge in [0.05, 0.1) is 0 Å². The van der Waals surface area contributed by atoms with Crippen LogP contribution in [0.2, 0.25) is 0 Å². The van der Waals surface area contributed by atoms with Crippen molar-refractivity contribution in [2.75, 3.05) is 13.2 Å². The highest BCUT2D eigenvalue weighted by Gasteiger charge is 2.17. The Morgan fingerprint density at radius 1 is 1.05 bits per heavy atom. The number of rotatable bonds is 12. The number of carbonyl (C=O) groups is 1. The Labute approximate surface area is 119 Å². The van der Waals surface area contributed by atoms with Gasteiger partial charge in [-0.3, -0.25) is 4.79 Å². The van der Waals surface area contributed by atoms with Gasteiger partial charge >= 0.3 is 0 Å². The number of unbranched alkanes of at least 4 members (excludes halogenated alkanes) is 6. The van der Waals surface area contributed by atoms with E-state index < -0.39 is 0 Å². The van der Waals surface area contributed by atoms with E-state index in [9.17, 15) is 4.79 Å². The second-order valence-corrected chi connectivity index (χ2v) is 6.29. The molecule has 0 aromatic carbocycles. The maximum atomic E-state index is 11.7. The van der Waals surface area contributed by atoms with Crippen LogP contribution in [0.25, 0.3) is 0 Å². The quantitative estimate of drug-likeness (QED) is 0.532. The van der Waals surface area contributed by atoms with Crippen LogP contribution in [-0.2, 0) is 4.79 Å². The Morgan fingerprint density at radius 3 is 2.21 bits per heavy atom. The average molecular weight is 271 g/mol. The van der Waals surface area contributed by atoms with Gasteiger partial charge in [0.15, 0.2) is 0 Å². The van der Waals surface area contributed by atoms with Crippen molar-refractivity contribution in [3.63, 3.8) is 0 Å². The molecule has 0 aliphatic rings. The van der Waals surface area contributed by atoms with Gasteiger partial charge in [-0.15, -0.1) is 0 Å². The van der Waals surface area contributed by atoms with Gasteiger partial charge in [-0.25, -0.2) is 0 Å². The van der Waals surface area contributed by atoms with E-state index >= 15 is 0 Å². The highest BCUT2D eigenvalue weighted by Crippen LogP contribution is 2.18. The van der Waals surface area contributed by atoms with E-state index in [1.165, 1.54) is 32.1 Å². The second-order valence-electron chi connectivity index (χ2n) is 6.29. The fraction of sp³-hybridized carbons (Fsp3) is 0.938. The van der Waals surface area contributed by atoms with E-state index in [0.29, 0.717) is 13.0 Å². The molecule has 0 saturated heterocycles. The lowest BCUT2D eigenvalue weighted by atomic mass is 9.90. The molecule has 3 nitrogen and oxygen atoms in total. The molecule has 0 heterocycles. The zero-order chi connectivity index (χ0) is 14.6. The van der Waals surface area contributed by atoms with Crippen LogP contribution in [0.1, 0.15) is 78.6 Å². The summed E-state index contributed by atoms with van der Waals surface area (Å²) in [5.41, 5.74) is -0.00936. The third-order valence-electron chi connectivity index (χ3n) is 3.56. The van der Waals surface area contributed by atoms with Gasteiger partial charge < -0.3 is 10.4 Å². The van der Waals surface area contributed by atoms with Crippen LogP contribution < -0.4 is 5.32 Å². The molecule has 2 N–H and O–H groups in total. The summed E-state index contributed by atoms with van der Waals surface area (Å²) in [6, 6.07) is 0. The molecular weight excluding hydrogens is 238 g/mol. The van der Waals surface area contributed by atoms with Crippen LogP contribution in [0.3, 0.4) is 0 Å². The molecule has 0 aromatic heterocycles. The molecule has 114 valence electrons. The maximum absolute atomic E-state index is 11.7. The summed E-state index contributed by atoms with van der Waals surface area (Å²) in [5, 5.41) is 11.9. The van der Waals surface area contributed by atoms with Crippen LogP contribution in [-0.4, -0.2) is 24.2 Å². The maximum Gasteiger partial charge on any atom is 0.220 e. The van der Waals surface area contributed by atoms with Crippen LogP contribution >= 0.6 is 0 Å². The first-order valence-electron chi connectivity index (χ1n) is 7.89. The zero-order valence-electron chi connectivity index (χ0n) is 13.1. The van der Waals surface area contributed by atoms with Gasteiger partial charge in [0.25, 0.3) is 0 Å². The summed E-state index contributed by atoms with van der Waals surface area (Å²) in [4.78, 5) is 11.7. The van der Waals surface area contributed by atoms with Crippen LogP contribution in [0, 0.1) is 5.41 Å². The van der Waals surface area contributed by atoms with E-state index in [0.717, 1.165) is 19.3 Å². The predicted octanol–water partition coefficient (Wildman–Crippen LogP) is 3.65. The number of amides is 1. The molecule has 1 amide bonds. The monoisotopic (exact) mass is 271 g/mol. The lowest BCUT2D eigenvalue weighted by molar-refractivity contribution is -0.121. The minimum atomic E-state index is -0.00936. The summed E-state index contributed by atoms with van der Waals surface area (Å²) < 4.78 is 0. The van der Waals surface area contributed by atoms with E-state index in [4.69, 9.17) is 5.11 Å². The first-order chi connectivity index (χ1) is 9.02. The minimum absolute atomic E-state index is 0.00936. The molecule has 0 unspecified atom stereocenters. The van der Waals surface area contributed by atoms with E-state index in [2.05, 4.69) is 26.1 Å². The van der Waals surface area contributed by atoms with Crippen molar-refractivity contribution in [2.24, 2.45) is 5.41 Å². The summed E-state index contributed by atoms with van der Waals surface area (Å²) in [6.45, 7) is 7.20. The first kappa shape index (κ1) is 18.4. The van der Waals surface area contributed by atoms with Gasteiger partial charge in [-0.05, 0) is 18.3 Å². The van der Waals surface area contributed by atoms with Gasteiger partial charge in [0, 0.05) is 19.6 Å². The van der Waals surface area contributed by atoms with E-state index in [1.54, 1.807) is 0 Å². The lowest BCUT2D eigenvalue weighted by Crippen LogP contribution is -2.34. The summed E-state index contributed by atoms with van der Waals surface area (Å²) in [7, 11) is 0. The van der Waals surface area contributed by atoms with E-state index in [1.807, 2.05) is 0 Å². The number of hydrogen-bond donors (Lipinski definition) is 2. The number of aliphatic hydroxyl groups is 1. The molecule has 0 radical (unpaired) electrons. The van der Waals surface area contributed by atoms with Crippen LogP contribution in [0.5, 0.6) is 0 Å². The first-order valence-corrected chi connectivity index (χ1v) is 7.89. The smallest absolute Gasteiger partial charge is 0.220 e. The molecule has 3 heteroatoms. The van der Waals surface area contributed by atoms with Gasteiger partial charge in [-0.2, -0.15) is 0 Å². The highest BCUT2D eigenvalue weighted by molar-refractivity contribution is 5.75. The molecule has 19 heavy (non-hydrogen) atoms. The minimum Gasteiger partial charge on any atom is -0.396 e. The lowest BCUT2D eigenvalue weighted by Gasteiger charge is -2.23. The molecule has 0 spiro atoms.